The van der Waals surface area contributed by atoms with Gasteiger partial charge in [0.2, 0.25) is 5.91 Å². The number of carbonyl (C=O) groups excluding carboxylic acids is 3. The van der Waals surface area contributed by atoms with E-state index in [-0.39, 0.29) is 24.3 Å². The Morgan fingerprint density at radius 2 is 1.44 bits per heavy atom. The van der Waals surface area contributed by atoms with Gasteiger partial charge in [-0.25, -0.2) is 4.79 Å². The topological polar surface area (TPSA) is 87.7 Å². The number of anilines is 1. The molecule has 0 aliphatic heterocycles. The summed E-state index contributed by atoms with van der Waals surface area (Å²) in [4.78, 5) is 43.2. The van der Waals surface area contributed by atoms with E-state index in [9.17, 15) is 14.4 Å². The number of carbonyl (C=O) groups is 3. The van der Waals surface area contributed by atoms with E-state index >= 15 is 0 Å². The monoisotopic (exact) mass is 557 g/mol. The molecule has 0 radical (unpaired) electrons. The summed E-state index contributed by atoms with van der Waals surface area (Å²) < 4.78 is 5.52. The fourth-order valence-electron chi connectivity index (χ4n) is 4.76. The second-order valence-corrected chi connectivity index (χ2v) is 11.7. The third kappa shape index (κ3) is 8.43. The van der Waals surface area contributed by atoms with Gasteiger partial charge in [-0.05, 0) is 89.3 Å². The molecule has 0 saturated heterocycles. The highest BCUT2D eigenvalue weighted by molar-refractivity contribution is 5.99. The summed E-state index contributed by atoms with van der Waals surface area (Å²) in [7, 11) is 0. The number of alkyl carbamates (subject to hydrolysis) is 1. The van der Waals surface area contributed by atoms with Crippen LogP contribution in [0.5, 0.6) is 0 Å². The Morgan fingerprint density at radius 3 is 2.05 bits per heavy atom. The molecule has 2 atom stereocenters. The van der Waals surface area contributed by atoms with Gasteiger partial charge in [0.1, 0.15) is 17.7 Å². The molecule has 0 aliphatic carbocycles. The number of aryl methyl sites for hydroxylation is 2. The van der Waals surface area contributed by atoms with Gasteiger partial charge in [-0.1, -0.05) is 66.7 Å². The van der Waals surface area contributed by atoms with Crippen LogP contribution in [0.3, 0.4) is 0 Å². The van der Waals surface area contributed by atoms with Gasteiger partial charge in [0, 0.05) is 18.2 Å². The standard InChI is InChI=1S/C34H43N3O4/c1-22(2)37(32(39)29(21-26-17-10-9-11-18-26)36-33(40)41-34(6,7)8)30(27-19-14-16-23(3)25(27)5)31(38)35-28-20-13-12-15-24(28)4/h9-20,22,29-30H,21H2,1-8H3,(H,35,38)(H,36,40). The number of rotatable bonds is 9. The van der Waals surface area contributed by atoms with E-state index < -0.39 is 23.8 Å². The molecule has 0 spiro atoms. The van der Waals surface area contributed by atoms with Gasteiger partial charge >= 0.3 is 6.09 Å². The van der Waals surface area contributed by atoms with Crippen molar-refractivity contribution >= 4 is 23.6 Å². The van der Waals surface area contributed by atoms with Crippen molar-refractivity contribution in [1.82, 2.24) is 10.2 Å². The summed E-state index contributed by atoms with van der Waals surface area (Å²) in [6, 6.07) is 20.5. The zero-order valence-electron chi connectivity index (χ0n) is 25.4. The molecule has 7 nitrogen and oxygen atoms in total. The first kappa shape index (κ1) is 31.4. The molecule has 218 valence electrons. The third-order valence-electron chi connectivity index (χ3n) is 6.95. The molecule has 0 fully saturated rings. The lowest BCUT2D eigenvalue weighted by Gasteiger charge is -2.38. The van der Waals surface area contributed by atoms with Crippen LogP contribution in [0.4, 0.5) is 10.5 Å². The van der Waals surface area contributed by atoms with E-state index in [2.05, 4.69) is 10.6 Å². The van der Waals surface area contributed by atoms with Crippen molar-refractivity contribution in [2.24, 2.45) is 0 Å². The molecule has 3 amide bonds. The molecule has 3 aromatic carbocycles. The van der Waals surface area contributed by atoms with Gasteiger partial charge in [-0.3, -0.25) is 9.59 Å². The quantitative estimate of drug-likeness (QED) is 0.308. The van der Waals surface area contributed by atoms with Crippen LogP contribution in [0.15, 0.2) is 72.8 Å². The van der Waals surface area contributed by atoms with Crippen LogP contribution in [-0.4, -0.2) is 40.5 Å². The minimum atomic E-state index is -0.964. The summed E-state index contributed by atoms with van der Waals surface area (Å²) in [6.07, 6.45) is -0.454. The van der Waals surface area contributed by atoms with Crippen molar-refractivity contribution < 1.29 is 19.1 Å². The van der Waals surface area contributed by atoms with Gasteiger partial charge in [-0.2, -0.15) is 0 Å². The highest BCUT2D eigenvalue weighted by atomic mass is 16.6. The maximum Gasteiger partial charge on any atom is 0.408 e. The molecule has 2 unspecified atom stereocenters. The molecule has 41 heavy (non-hydrogen) atoms. The predicted molar refractivity (Wildman–Crippen MR) is 164 cm³/mol. The molecular formula is C34H43N3O4. The van der Waals surface area contributed by atoms with E-state index in [1.165, 1.54) is 0 Å². The van der Waals surface area contributed by atoms with E-state index in [0.717, 1.165) is 27.8 Å². The summed E-state index contributed by atoms with van der Waals surface area (Å²) in [6.45, 7) is 14.9. The molecule has 3 aromatic rings. The average molecular weight is 558 g/mol. The lowest BCUT2D eigenvalue weighted by Crippen LogP contribution is -2.55. The zero-order chi connectivity index (χ0) is 30.3. The fraction of sp³-hybridized carbons (Fsp3) is 0.382. The highest BCUT2D eigenvalue weighted by Crippen LogP contribution is 2.31. The number of hydrogen-bond acceptors (Lipinski definition) is 4. The molecule has 3 rings (SSSR count). The van der Waals surface area contributed by atoms with Crippen LogP contribution >= 0.6 is 0 Å². The van der Waals surface area contributed by atoms with Crippen LogP contribution in [0.25, 0.3) is 0 Å². The molecule has 0 aliphatic rings. The Labute approximate surface area is 244 Å². The van der Waals surface area contributed by atoms with Gasteiger partial charge in [0.25, 0.3) is 5.91 Å². The van der Waals surface area contributed by atoms with Crippen molar-refractivity contribution in [3.8, 4) is 0 Å². The van der Waals surface area contributed by atoms with Crippen LogP contribution in [-0.2, 0) is 20.7 Å². The minimum Gasteiger partial charge on any atom is -0.444 e. The zero-order valence-corrected chi connectivity index (χ0v) is 25.4. The number of nitrogens with one attached hydrogen (secondary N) is 2. The number of ether oxygens (including phenoxy) is 1. The molecule has 7 heteroatoms. The van der Waals surface area contributed by atoms with Crippen LogP contribution in [0, 0.1) is 20.8 Å². The van der Waals surface area contributed by atoms with Gasteiger partial charge in [0.15, 0.2) is 0 Å². The van der Waals surface area contributed by atoms with Gasteiger partial charge in [0.05, 0.1) is 0 Å². The normalized spacial score (nSPS) is 12.8. The average Bonchev–Trinajstić information content (AvgIpc) is 2.89. The SMILES string of the molecule is Cc1ccccc1NC(=O)C(c1cccc(C)c1C)N(C(=O)C(Cc1ccccc1)NC(=O)OC(C)(C)C)C(C)C. The number of amides is 3. The minimum absolute atomic E-state index is 0.237. The van der Waals surface area contributed by atoms with Crippen molar-refractivity contribution in [2.75, 3.05) is 5.32 Å². The number of nitrogens with zero attached hydrogens (tertiary/aromatic N) is 1. The largest absolute Gasteiger partial charge is 0.444 e. The summed E-state index contributed by atoms with van der Waals surface area (Å²) in [5.41, 5.74) is 4.40. The van der Waals surface area contributed by atoms with Crippen molar-refractivity contribution in [3.05, 3.63) is 101 Å². The Morgan fingerprint density at radius 1 is 0.829 bits per heavy atom. The molecule has 0 saturated carbocycles. The lowest BCUT2D eigenvalue weighted by atomic mass is 9.93. The fourth-order valence-corrected chi connectivity index (χ4v) is 4.76. The first-order valence-electron chi connectivity index (χ1n) is 14.1. The lowest BCUT2D eigenvalue weighted by molar-refractivity contribution is -0.142. The maximum atomic E-state index is 14.5. The second-order valence-electron chi connectivity index (χ2n) is 11.7. The Kier molecular flexibility index (Phi) is 10.3. The smallest absolute Gasteiger partial charge is 0.408 e. The van der Waals surface area contributed by atoms with Crippen molar-refractivity contribution in [3.63, 3.8) is 0 Å². The number of hydrogen-bond donors (Lipinski definition) is 2. The first-order valence-corrected chi connectivity index (χ1v) is 14.1. The molecule has 2 N–H and O–H groups in total. The molecular weight excluding hydrogens is 514 g/mol. The molecule has 0 heterocycles. The third-order valence-corrected chi connectivity index (χ3v) is 6.95. The van der Waals surface area contributed by atoms with E-state index in [1.807, 2.05) is 107 Å². The second kappa shape index (κ2) is 13.5. The highest BCUT2D eigenvalue weighted by Gasteiger charge is 2.38. The maximum absolute atomic E-state index is 14.5. The van der Waals surface area contributed by atoms with Gasteiger partial charge in [-0.15, -0.1) is 0 Å². The Balaban J connectivity index is 2.10. The summed E-state index contributed by atoms with van der Waals surface area (Å²) in [5.74, 6) is -0.702. The van der Waals surface area contributed by atoms with E-state index in [4.69, 9.17) is 4.74 Å². The summed E-state index contributed by atoms with van der Waals surface area (Å²) in [5, 5.41) is 5.86. The Hall–Kier alpha value is -4.13. The van der Waals surface area contributed by atoms with E-state index in [1.54, 1.807) is 25.7 Å². The van der Waals surface area contributed by atoms with Crippen LogP contribution < -0.4 is 10.6 Å². The number of para-hydroxylation sites is 1. The van der Waals surface area contributed by atoms with Crippen LogP contribution in [0.2, 0.25) is 0 Å². The van der Waals surface area contributed by atoms with Crippen LogP contribution in [0.1, 0.15) is 68.5 Å². The molecule has 0 bridgehead atoms. The molecule has 0 aromatic heterocycles. The van der Waals surface area contributed by atoms with E-state index in [0.29, 0.717) is 5.69 Å². The first-order chi connectivity index (χ1) is 19.3. The predicted octanol–water partition coefficient (Wildman–Crippen LogP) is 6.66. The van der Waals surface area contributed by atoms with Crippen molar-refractivity contribution in [1.29, 1.82) is 0 Å². The summed E-state index contributed by atoms with van der Waals surface area (Å²) >= 11 is 0. The Bertz CT molecular complexity index is 1360. The van der Waals surface area contributed by atoms with Gasteiger partial charge < -0.3 is 20.3 Å². The van der Waals surface area contributed by atoms with Crippen molar-refractivity contribution in [2.45, 2.75) is 85.5 Å². The number of benzene rings is 3.